The van der Waals surface area contributed by atoms with Crippen LogP contribution >= 0.6 is 0 Å². The molecule has 140 valence electrons. The molecule has 0 saturated carbocycles. The fourth-order valence-electron chi connectivity index (χ4n) is 2.70. The van der Waals surface area contributed by atoms with Crippen LogP contribution in [0.3, 0.4) is 0 Å². The molecule has 0 aromatic carbocycles. The zero-order valence-corrected chi connectivity index (χ0v) is 14.9. The second-order valence-electron chi connectivity index (χ2n) is 5.94. The molecule has 2 aromatic heterocycles. The minimum absolute atomic E-state index is 0.102. The van der Waals surface area contributed by atoms with Gasteiger partial charge in [0, 0.05) is 31.3 Å². The zero-order valence-electron chi connectivity index (χ0n) is 14.9. The van der Waals surface area contributed by atoms with E-state index in [2.05, 4.69) is 20.3 Å². The van der Waals surface area contributed by atoms with Gasteiger partial charge in [0.05, 0.1) is 18.5 Å². The highest BCUT2D eigenvalue weighted by atomic mass is 19.2. The average molecular weight is 373 g/mol. The van der Waals surface area contributed by atoms with Gasteiger partial charge < -0.3 is 9.88 Å². The summed E-state index contributed by atoms with van der Waals surface area (Å²) in [4.78, 5) is 12.8. The van der Waals surface area contributed by atoms with E-state index in [0.717, 1.165) is 6.08 Å². The Kier molecular flexibility index (Phi) is 5.54. The maximum atomic E-state index is 14.3. The van der Waals surface area contributed by atoms with Crippen molar-refractivity contribution in [2.24, 2.45) is 4.99 Å². The van der Waals surface area contributed by atoms with Crippen LogP contribution in [0.4, 0.5) is 24.7 Å². The molecule has 0 spiro atoms. The van der Waals surface area contributed by atoms with Crippen LogP contribution in [0, 0.1) is 0 Å². The number of anilines is 1. The van der Waals surface area contributed by atoms with Crippen molar-refractivity contribution in [2.45, 2.75) is 19.9 Å². The molecular formula is C19H18F3N5. The molecule has 0 atom stereocenters. The Morgan fingerprint density at radius 3 is 2.81 bits per heavy atom. The number of aromatic nitrogens is 3. The topological polar surface area (TPSA) is 55.1 Å². The van der Waals surface area contributed by atoms with E-state index in [1.54, 1.807) is 30.1 Å². The minimum Gasteiger partial charge on any atom is -0.371 e. The Labute approximate surface area is 154 Å². The van der Waals surface area contributed by atoms with Crippen molar-refractivity contribution in [3.05, 3.63) is 66.2 Å². The third-order valence-electron chi connectivity index (χ3n) is 3.92. The average Bonchev–Trinajstić information content (AvgIpc) is 3.04. The van der Waals surface area contributed by atoms with Crippen LogP contribution in [0.2, 0.25) is 0 Å². The second kappa shape index (κ2) is 8.03. The van der Waals surface area contributed by atoms with Crippen LogP contribution in [0.25, 0.3) is 5.57 Å². The molecule has 2 heterocycles. The summed E-state index contributed by atoms with van der Waals surface area (Å²) in [6.45, 7) is 2.11. The highest BCUT2D eigenvalue weighted by Crippen LogP contribution is 2.32. The van der Waals surface area contributed by atoms with Gasteiger partial charge in [0.15, 0.2) is 11.6 Å². The first-order valence-corrected chi connectivity index (χ1v) is 8.29. The van der Waals surface area contributed by atoms with Gasteiger partial charge in [0.1, 0.15) is 23.2 Å². The number of imidazole rings is 1. The number of pyridine rings is 1. The summed E-state index contributed by atoms with van der Waals surface area (Å²) in [7, 11) is 1.75. The summed E-state index contributed by atoms with van der Waals surface area (Å²) < 4.78 is 43.2. The number of hydrogen-bond donors (Lipinski definition) is 1. The normalized spacial score (nSPS) is 15.4. The largest absolute Gasteiger partial charge is 0.371 e. The molecule has 0 fully saturated rings. The predicted octanol–water partition coefficient (Wildman–Crippen LogP) is 4.90. The molecule has 0 saturated heterocycles. The number of allylic oxidation sites excluding steroid dienone is 6. The van der Waals surface area contributed by atoms with Gasteiger partial charge in [-0.15, -0.1) is 0 Å². The van der Waals surface area contributed by atoms with Gasteiger partial charge in [0.2, 0.25) is 0 Å². The number of halogens is 3. The van der Waals surface area contributed by atoms with Gasteiger partial charge in [-0.25, -0.2) is 23.1 Å². The standard InChI is InChI=1S/C19H18F3N5/c1-12(26-16-4-3-7-24-18(16)23-2)11-27-9-8-25-19(27)14-6-5-13(20)10-15(21)17(14)22/h3-9H,10-11H2,1-2H3,(H,23,24). The molecule has 3 rings (SSSR count). The number of rotatable bonds is 5. The van der Waals surface area contributed by atoms with Crippen molar-refractivity contribution in [3.8, 4) is 0 Å². The summed E-state index contributed by atoms with van der Waals surface area (Å²) in [5.74, 6) is -2.18. The van der Waals surface area contributed by atoms with E-state index in [9.17, 15) is 13.2 Å². The molecule has 1 aliphatic rings. The zero-order chi connectivity index (χ0) is 19.4. The molecule has 2 aromatic rings. The highest BCUT2D eigenvalue weighted by molar-refractivity contribution is 5.86. The van der Waals surface area contributed by atoms with E-state index in [0.29, 0.717) is 23.8 Å². The van der Waals surface area contributed by atoms with E-state index in [1.807, 2.05) is 13.0 Å². The quantitative estimate of drug-likeness (QED) is 0.758. The van der Waals surface area contributed by atoms with Gasteiger partial charge in [0.25, 0.3) is 0 Å². The van der Waals surface area contributed by atoms with E-state index in [-0.39, 0.29) is 11.4 Å². The lowest BCUT2D eigenvalue weighted by Gasteiger charge is -2.10. The first-order valence-electron chi connectivity index (χ1n) is 8.29. The van der Waals surface area contributed by atoms with Crippen LogP contribution in [0.5, 0.6) is 0 Å². The second-order valence-corrected chi connectivity index (χ2v) is 5.94. The molecule has 27 heavy (non-hydrogen) atoms. The Balaban J connectivity index is 1.92. The molecule has 0 bridgehead atoms. The molecule has 8 heteroatoms. The van der Waals surface area contributed by atoms with Crippen molar-refractivity contribution in [2.75, 3.05) is 12.4 Å². The van der Waals surface area contributed by atoms with Crippen LogP contribution in [-0.2, 0) is 6.54 Å². The summed E-state index contributed by atoms with van der Waals surface area (Å²) in [6.07, 6.45) is 6.32. The van der Waals surface area contributed by atoms with Crippen molar-refractivity contribution < 1.29 is 13.2 Å². The van der Waals surface area contributed by atoms with Crippen molar-refractivity contribution in [1.82, 2.24) is 14.5 Å². The van der Waals surface area contributed by atoms with Crippen molar-refractivity contribution >= 4 is 22.8 Å². The molecule has 0 amide bonds. The smallest absolute Gasteiger partial charge is 0.165 e. The lowest BCUT2D eigenvalue weighted by molar-refractivity contribution is 0.506. The highest BCUT2D eigenvalue weighted by Gasteiger charge is 2.21. The van der Waals surface area contributed by atoms with E-state index in [4.69, 9.17) is 0 Å². The minimum atomic E-state index is -1.15. The SMILES string of the molecule is CNc1ncccc1N=C(C)Cn1ccnc1C1=CC=C(F)CC(F)=C1F. The van der Waals surface area contributed by atoms with Crippen LogP contribution in [0.1, 0.15) is 19.2 Å². The van der Waals surface area contributed by atoms with Gasteiger partial charge in [-0.3, -0.25) is 4.99 Å². The van der Waals surface area contributed by atoms with Crippen LogP contribution in [0.15, 0.2) is 65.3 Å². The van der Waals surface area contributed by atoms with E-state index < -0.39 is 23.9 Å². The maximum absolute atomic E-state index is 14.3. The van der Waals surface area contributed by atoms with Gasteiger partial charge in [-0.2, -0.15) is 0 Å². The first kappa shape index (κ1) is 18.6. The number of nitrogens with one attached hydrogen (secondary N) is 1. The molecule has 1 N–H and O–H groups in total. The van der Waals surface area contributed by atoms with Crippen molar-refractivity contribution in [3.63, 3.8) is 0 Å². The van der Waals surface area contributed by atoms with Gasteiger partial charge >= 0.3 is 0 Å². The third kappa shape index (κ3) is 4.16. The van der Waals surface area contributed by atoms with Gasteiger partial charge in [-0.1, -0.05) is 0 Å². The molecule has 5 nitrogen and oxygen atoms in total. The molecular weight excluding hydrogens is 355 g/mol. The molecule has 1 aliphatic carbocycles. The first-order chi connectivity index (χ1) is 13.0. The van der Waals surface area contributed by atoms with E-state index in [1.165, 1.54) is 12.3 Å². The van der Waals surface area contributed by atoms with Crippen LogP contribution < -0.4 is 5.32 Å². The number of nitrogens with zero attached hydrogens (tertiary/aromatic N) is 4. The lowest BCUT2D eigenvalue weighted by atomic mass is 10.2. The predicted molar refractivity (Wildman–Crippen MR) is 99.8 cm³/mol. The fourth-order valence-corrected chi connectivity index (χ4v) is 2.70. The summed E-state index contributed by atoms with van der Waals surface area (Å²) in [5.41, 5.74) is 1.27. The Hall–Kier alpha value is -3.16. The van der Waals surface area contributed by atoms with Gasteiger partial charge in [-0.05, 0) is 31.2 Å². The molecule has 0 radical (unpaired) electrons. The summed E-state index contributed by atoms with van der Waals surface area (Å²) in [6, 6.07) is 3.59. The summed E-state index contributed by atoms with van der Waals surface area (Å²) >= 11 is 0. The third-order valence-corrected chi connectivity index (χ3v) is 3.92. The monoisotopic (exact) mass is 373 g/mol. The Morgan fingerprint density at radius 2 is 2.04 bits per heavy atom. The van der Waals surface area contributed by atoms with Crippen LogP contribution in [-0.4, -0.2) is 27.3 Å². The fraction of sp³-hybridized carbons (Fsp3) is 0.211. The van der Waals surface area contributed by atoms with Crippen molar-refractivity contribution in [1.29, 1.82) is 0 Å². The lowest BCUT2D eigenvalue weighted by Crippen LogP contribution is -2.10. The number of aliphatic imine (C=N–C) groups is 1. The molecule has 0 unspecified atom stereocenters. The Bertz CT molecular complexity index is 969. The van der Waals surface area contributed by atoms with E-state index >= 15 is 0 Å². The summed E-state index contributed by atoms with van der Waals surface area (Å²) in [5, 5.41) is 2.96. The number of hydrogen-bond acceptors (Lipinski definition) is 4. The maximum Gasteiger partial charge on any atom is 0.165 e. The Morgan fingerprint density at radius 1 is 1.22 bits per heavy atom. The molecule has 0 aliphatic heterocycles.